The van der Waals surface area contributed by atoms with Crippen LogP contribution in [0.5, 0.6) is 0 Å². The highest BCUT2D eigenvalue weighted by molar-refractivity contribution is 7.89. The molecule has 0 aromatic heterocycles. The Morgan fingerprint density at radius 1 is 1.33 bits per heavy atom. The molecule has 1 fully saturated rings. The van der Waals surface area contributed by atoms with Crippen LogP contribution in [0.4, 0.5) is 0 Å². The van der Waals surface area contributed by atoms with Gasteiger partial charge in [-0.1, -0.05) is 6.07 Å². The molecular weight excluding hydrogens is 290 g/mol. The van der Waals surface area contributed by atoms with Crippen LogP contribution in [0.15, 0.2) is 17.0 Å². The maximum absolute atomic E-state index is 12.6. The number of aryl methyl sites for hydroxylation is 2. The summed E-state index contributed by atoms with van der Waals surface area (Å²) in [6, 6.07) is 3.26. The molecule has 0 aliphatic carbocycles. The summed E-state index contributed by atoms with van der Waals surface area (Å²) in [5.74, 6) is 0. The largest absolute Gasteiger partial charge is 0.392 e. The van der Waals surface area contributed by atoms with Gasteiger partial charge in [0, 0.05) is 12.6 Å². The summed E-state index contributed by atoms with van der Waals surface area (Å²) in [6.45, 7) is 5.99. The van der Waals surface area contributed by atoms with Gasteiger partial charge < -0.3 is 9.84 Å². The summed E-state index contributed by atoms with van der Waals surface area (Å²) in [6.07, 6.45) is 1.43. The molecule has 1 aliphatic rings. The van der Waals surface area contributed by atoms with Gasteiger partial charge in [-0.05, 0) is 56.4 Å². The SMILES string of the molecule is Cc1cc(C)c(S(=O)(=O)NC2CCOC(C)C2)cc1CO. The minimum absolute atomic E-state index is 0.0681. The highest BCUT2D eigenvalue weighted by Crippen LogP contribution is 2.22. The summed E-state index contributed by atoms with van der Waals surface area (Å²) >= 11 is 0. The third kappa shape index (κ3) is 3.83. The summed E-state index contributed by atoms with van der Waals surface area (Å²) in [7, 11) is -3.58. The lowest BCUT2D eigenvalue weighted by Gasteiger charge is -2.28. The van der Waals surface area contributed by atoms with Crippen molar-refractivity contribution >= 4 is 10.0 Å². The van der Waals surface area contributed by atoms with Crippen LogP contribution in [0, 0.1) is 13.8 Å². The topological polar surface area (TPSA) is 75.6 Å². The van der Waals surface area contributed by atoms with Crippen LogP contribution in [0.2, 0.25) is 0 Å². The minimum Gasteiger partial charge on any atom is -0.392 e. The first-order valence-corrected chi connectivity index (χ1v) is 8.66. The third-order valence-corrected chi connectivity index (χ3v) is 5.56. The van der Waals surface area contributed by atoms with Gasteiger partial charge in [0.1, 0.15) is 0 Å². The molecule has 1 heterocycles. The van der Waals surface area contributed by atoms with E-state index in [0.717, 1.165) is 5.56 Å². The van der Waals surface area contributed by atoms with E-state index in [9.17, 15) is 13.5 Å². The van der Waals surface area contributed by atoms with Crippen molar-refractivity contribution < 1.29 is 18.3 Å². The molecule has 0 bridgehead atoms. The van der Waals surface area contributed by atoms with Gasteiger partial charge in [0.2, 0.25) is 10.0 Å². The van der Waals surface area contributed by atoms with Crippen molar-refractivity contribution in [3.05, 3.63) is 28.8 Å². The standard InChI is InChI=1S/C15H23NO4S/c1-10-6-11(2)15(8-13(10)9-17)21(18,19)16-14-4-5-20-12(3)7-14/h6,8,12,14,16-17H,4-5,7,9H2,1-3H3. The number of hydrogen-bond acceptors (Lipinski definition) is 4. The first-order valence-electron chi connectivity index (χ1n) is 7.18. The molecule has 21 heavy (non-hydrogen) atoms. The molecule has 6 heteroatoms. The highest BCUT2D eigenvalue weighted by Gasteiger charge is 2.26. The Labute approximate surface area is 126 Å². The predicted molar refractivity (Wildman–Crippen MR) is 80.6 cm³/mol. The van der Waals surface area contributed by atoms with E-state index in [0.29, 0.717) is 30.6 Å². The molecule has 0 spiro atoms. The third-order valence-electron chi connectivity index (χ3n) is 3.90. The number of rotatable bonds is 4. The van der Waals surface area contributed by atoms with Crippen molar-refractivity contribution in [2.45, 2.75) is 57.3 Å². The van der Waals surface area contributed by atoms with Crippen molar-refractivity contribution in [3.63, 3.8) is 0 Å². The normalized spacial score (nSPS) is 23.2. The van der Waals surface area contributed by atoms with Gasteiger partial charge in [-0.15, -0.1) is 0 Å². The predicted octanol–water partition coefficient (Wildman–Crippen LogP) is 1.64. The Hall–Kier alpha value is -0.950. The van der Waals surface area contributed by atoms with Crippen LogP contribution in [-0.4, -0.2) is 32.3 Å². The highest BCUT2D eigenvalue weighted by atomic mass is 32.2. The molecule has 5 nitrogen and oxygen atoms in total. The molecule has 0 saturated carbocycles. The summed E-state index contributed by atoms with van der Waals surface area (Å²) in [5.41, 5.74) is 2.23. The van der Waals surface area contributed by atoms with Crippen molar-refractivity contribution in [2.75, 3.05) is 6.61 Å². The number of hydrogen-bond donors (Lipinski definition) is 2. The Morgan fingerprint density at radius 3 is 2.67 bits per heavy atom. The van der Waals surface area contributed by atoms with Crippen LogP contribution >= 0.6 is 0 Å². The number of aliphatic hydroxyl groups is 1. The molecule has 0 radical (unpaired) electrons. The molecule has 1 aliphatic heterocycles. The Balaban J connectivity index is 2.27. The number of benzene rings is 1. The van der Waals surface area contributed by atoms with E-state index in [1.165, 1.54) is 0 Å². The molecule has 1 aromatic rings. The van der Waals surface area contributed by atoms with Gasteiger partial charge in [0.15, 0.2) is 0 Å². The van der Waals surface area contributed by atoms with E-state index in [2.05, 4.69) is 4.72 Å². The maximum Gasteiger partial charge on any atom is 0.241 e. The van der Waals surface area contributed by atoms with E-state index >= 15 is 0 Å². The maximum atomic E-state index is 12.6. The summed E-state index contributed by atoms with van der Waals surface area (Å²) in [4.78, 5) is 0.247. The van der Waals surface area contributed by atoms with Gasteiger partial charge in [0.05, 0.1) is 17.6 Å². The molecule has 2 unspecified atom stereocenters. The first kappa shape index (κ1) is 16.4. The number of aliphatic hydroxyl groups excluding tert-OH is 1. The molecule has 2 atom stereocenters. The fourth-order valence-corrected chi connectivity index (χ4v) is 4.28. The lowest BCUT2D eigenvalue weighted by atomic mass is 10.1. The average Bonchev–Trinajstić information content (AvgIpc) is 2.37. The van der Waals surface area contributed by atoms with Crippen LogP contribution in [0.1, 0.15) is 36.5 Å². The molecule has 118 valence electrons. The average molecular weight is 313 g/mol. The van der Waals surface area contributed by atoms with Crippen LogP contribution in [0.25, 0.3) is 0 Å². The van der Waals surface area contributed by atoms with E-state index < -0.39 is 10.0 Å². The fraction of sp³-hybridized carbons (Fsp3) is 0.600. The number of ether oxygens (including phenoxy) is 1. The van der Waals surface area contributed by atoms with Crippen LogP contribution in [-0.2, 0) is 21.4 Å². The van der Waals surface area contributed by atoms with Gasteiger partial charge >= 0.3 is 0 Å². The van der Waals surface area contributed by atoms with Gasteiger partial charge in [-0.3, -0.25) is 0 Å². The molecular formula is C15H23NO4S. The van der Waals surface area contributed by atoms with Crippen molar-refractivity contribution in [1.82, 2.24) is 4.72 Å². The van der Waals surface area contributed by atoms with Gasteiger partial charge in [-0.25, -0.2) is 13.1 Å². The van der Waals surface area contributed by atoms with E-state index in [1.807, 2.05) is 13.8 Å². The zero-order valence-electron chi connectivity index (χ0n) is 12.7. The van der Waals surface area contributed by atoms with E-state index in [-0.39, 0.29) is 23.6 Å². The van der Waals surface area contributed by atoms with Crippen molar-refractivity contribution in [1.29, 1.82) is 0 Å². The minimum atomic E-state index is -3.58. The Kier molecular flexibility index (Phi) is 5.03. The Bertz CT molecular complexity index is 612. The molecule has 2 N–H and O–H groups in total. The summed E-state index contributed by atoms with van der Waals surface area (Å²) < 4.78 is 33.3. The first-order chi connectivity index (χ1) is 9.83. The summed E-state index contributed by atoms with van der Waals surface area (Å²) in [5, 5.41) is 9.32. The monoisotopic (exact) mass is 313 g/mol. The number of sulfonamides is 1. The second kappa shape index (κ2) is 6.44. The van der Waals surface area contributed by atoms with Gasteiger partial charge in [-0.2, -0.15) is 0 Å². The fourth-order valence-electron chi connectivity index (χ4n) is 2.72. The Morgan fingerprint density at radius 2 is 2.05 bits per heavy atom. The van der Waals surface area contributed by atoms with Crippen LogP contribution < -0.4 is 4.72 Å². The number of nitrogens with one attached hydrogen (secondary N) is 1. The molecule has 2 rings (SSSR count). The second-order valence-corrected chi connectivity index (χ2v) is 7.41. The zero-order valence-corrected chi connectivity index (χ0v) is 13.5. The lowest BCUT2D eigenvalue weighted by molar-refractivity contribution is 0.0173. The van der Waals surface area contributed by atoms with E-state index in [4.69, 9.17) is 4.74 Å². The van der Waals surface area contributed by atoms with Crippen LogP contribution in [0.3, 0.4) is 0 Å². The smallest absolute Gasteiger partial charge is 0.241 e. The van der Waals surface area contributed by atoms with Crippen molar-refractivity contribution in [3.8, 4) is 0 Å². The zero-order chi connectivity index (χ0) is 15.6. The van der Waals surface area contributed by atoms with Crippen molar-refractivity contribution in [2.24, 2.45) is 0 Å². The second-order valence-electron chi connectivity index (χ2n) is 5.73. The quantitative estimate of drug-likeness (QED) is 0.886. The van der Waals surface area contributed by atoms with E-state index in [1.54, 1.807) is 19.1 Å². The molecule has 1 aromatic carbocycles. The molecule has 1 saturated heterocycles. The lowest BCUT2D eigenvalue weighted by Crippen LogP contribution is -2.41. The van der Waals surface area contributed by atoms with Gasteiger partial charge in [0.25, 0.3) is 0 Å². The molecule has 0 amide bonds.